The lowest BCUT2D eigenvalue weighted by Gasteiger charge is -2.40. The van der Waals surface area contributed by atoms with Crippen LogP contribution >= 0.6 is 0 Å². The number of fused-ring (bicyclic) bond motifs is 3. The highest BCUT2D eigenvalue weighted by molar-refractivity contribution is 5.62. The lowest BCUT2D eigenvalue weighted by molar-refractivity contribution is -0.150. The van der Waals surface area contributed by atoms with Crippen LogP contribution in [0.4, 0.5) is 0 Å². The topological polar surface area (TPSA) is 80.6 Å². The third-order valence-corrected chi connectivity index (χ3v) is 7.44. The molecule has 2 aliphatic rings. The van der Waals surface area contributed by atoms with E-state index in [9.17, 15) is 10.2 Å². The molecular weight excluding hydrogens is 458 g/mol. The molecule has 1 aliphatic carbocycles. The number of ether oxygens (including phenoxy) is 4. The second-order valence-electron chi connectivity index (χ2n) is 9.70. The zero-order valence-corrected chi connectivity index (χ0v) is 21.1. The Bertz CT molecular complexity index is 1210. The van der Waals surface area contributed by atoms with Crippen LogP contribution in [0.5, 0.6) is 23.0 Å². The van der Waals surface area contributed by atoms with Gasteiger partial charge in [0, 0.05) is 24.6 Å². The van der Waals surface area contributed by atoms with Crippen molar-refractivity contribution in [3.8, 4) is 23.0 Å². The number of hydrogen-bond donors (Lipinski definition) is 2. The van der Waals surface area contributed by atoms with Gasteiger partial charge in [-0.25, -0.2) is 0 Å². The summed E-state index contributed by atoms with van der Waals surface area (Å²) in [7, 11) is 7.10. The van der Waals surface area contributed by atoms with Gasteiger partial charge in [0.15, 0.2) is 11.2 Å². The minimum atomic E-state index is -1.76. The molecule has 7 heteroatoms. The average Bonchev–Trinajstić information content (AvgIpc) is 3.29. The van der Waals surface area contributed by atoms with Crippen molar-refractivity contribution in [3.05, 3.63) is 83.4 Å². The van der Waals surface area contributed by atoms with Crippen molar-refractivity contribution in [2.75, 3.05) is 41.5 Å². The average molecular weight is 492 g/mol. The van der Waals surface area contributed by atoms with E-state index in [0.29, 0.717) is 35.8 Å². The first-order valence-electron chi connectivity index (χ1n) is 12.1. The largest absolute Gasteiger partial charge is 0.496 e. The monoisotopic (exact) mass is 491 g/mol. The molecule has 0 unspecified atom stereocenters. The van der Waals surface area contributed by atoms with Crippen molar-refractivity contribution < 1.29 is 29.2 Å². The highest BCUT2D eigenvalue weighted by Crippen LogP contribution is 2.68. The fourth-order valence-electron chi connectivity index (χ4n) is 5.73. The maximum atomic E-state index is 12.5. The lowest BCUT2D eigenvalue weighted by atomic mass is 9.71. The minimum absolute atomic E-state index is 0.316. The van der Waals surface area contributed by atoms with Crippen molar-refractivity contribution in [2.45, 2.75) is 29.6 Å². The molecule has 1 fully saturated rings. The van der Waals surface area contributed by atoms with E-state index in [1.165, 1.54) is 7.11 Å². The molecule has 1 saturated carbocycles. The van der Waals surface area contributed by atoms with Gasteiger partial charge in [0.05, 0.1) is 25.9 Å². The molecule has 3 aromatic rings. The fourth-order valence-corrected chi connectivity index (χ4v) is 5.73. The Hall–Kier alpha value is -3.26. The molecule has 0 radical (unpaired) electrons. The van der Waals surface area contributed by atoms with Gasteiger partial charge in [0.1, 0.15) is 29.6 Å². The molecule has 0 amide bonds. The van der Waals surface area contributed by atoms with E-state index < -0.39 is 17.3 Å². The van der Waals surface area contributed by atoms with Crippen LogP contribution in [0.15, 0.2) is 66.7 Å². The summed E-state index contributed by atoms with van der Waals surface area (Å²) in [6, 6.07) is 20.9. The van der Waals surface area contributed by atoms with E-state index in [-0.39, 0.29) is 5.92 Å². The first kappa shape index (κ1) is 24.4. The van der Waals surface area contributed by atoms with Gasteiger partial charge in [-0.1, -0.05) is 42.5 Å². The first-order chi connectivity index (χ1) is 17.3. The summed E-state index contributed by atoms with van der Waals surface area (Å²) < 4.78 is 23.8. The van der Waals surface area contributed by atoms with Crippen LogP contribution in [0, 0.1) is 0 Å². The van der Waals surface area contributed by atoms with Crippen molar-refractivity contribution in [3.63, 3.8) is 0 Å². The molecular formula is C29H33NO6. The molecule has 1 aliphatic heterocycles. The van der Waals surface area contributed by atoms with Gasteiger partial charge in [-0.15, -0.1) is 0 Å². The highest BCUT2D eigenvalue weighted by atomic mass is 16.5. The highest BCUT2D eigenvalue weighted by Gasteiger charge is 2.73. The molecule has 3 aromatic carbocycles. The number of likely N-dealkylation sites (N-methyl/N-ethyl adjacent to an activating group) is 1. The minimum Gasteiger partial charge on any atom is -0.496 e. The van der Waals surface area contributed by atoms with Crippen LogP contribution < -0.4 is 18.9 Å². The van der Waals surface area contributed by atoms with Gasteiger partial charge in [-0.2, -0.15) is 0 Å². The molecule has 0 saturated heterocycles. The lowest BCUT2D eigenvalue weighted by Crippen LogP contribution is -2.52. The summed E-state index contributed by atoms with van der Waals surface area (Å²) in [6.45, 7) is 1.36. The predicted molar refractivity (Wildman–Crippen MR) is 136 cm³/mol. The molecule has 36 heavy (non-hydrogen) atoms. The van der Waals surface area contributed by atoms with Crippen LogP contribution in [-0.4, -0.2) is 62.7 Å². The third kappa shape index (κ3) is 3.61. The number of benzene rings is 3. The zero-order chi connectivity index (χ0) is 25.5. The molecule has 0 spiro atoms. The summed E-state index contributed by atoms with van der Waals surface area (Å²) in [4.78, 5) is 2.06. The Morgan fingerprint density at radius 1 is 0.972 bits per heavy atom. The van der Waals surface area contributed by atoms with Crippen LogP contribution in [0.25, 0.3) is 0 Å². The van der Waals surface area contributed by atoms with Gasteiger partial charge in [-0.3, -0.25) is 0 Å². The summed E-state index contributed by atoms with van der Waals surface area (Å²) in [5, 5.41) is 24.0. The maximum absolute atomic E-state index is 12.5. The summed E-state index contributed by atoms with van der Waals surface area (Å²) in [6.07, 6.45) is -0.779. The summed E-state index contributed by atoms with van der Waals surface area (Å²) in [5.74, 6) is 1.77. The number of aliphatic hydroxyl groups is 2. The van der Waals surface area contributed by atoms with Crippen molar-refractivity contribution >= 4 is 0 Å². The Balaban J connectivity index is 1.66. The molecule has 5 rings (SSSR count). The Morgan fingerprint density at radius 2 is 1.69 bits per heavy atom. The van der Waals surface area contributed by atoms with Crippen LogP contribution in [0.3, 0.4) is 0 Å². The van der Waals surface area contributed by atoms with Gasteiger partial charge < -0.3 is 34.1 Å². The molecule has 0 bridgehead atoms. The second-order valence-corrected chi connectivity index (χ2v) is 9.70. The van der Waals surface area contributed by atoms with Gasteiger partial charge >= 0.3 is 0 Å². The SMILES string of the molecule is COc1cc(OC)c2c(c1)O[C@@]1(c3ccc(OCCN(C)C)cc3)[C@H](c3ccccc3)C[C@@H](O)[C@@]21O. The van der Waals surface area contributed by atoms with E-state index in [4.69, 9.17) is 18.9 Å². The maximum Gasteiger partial charge on any atom is 0.176 e. The van der Waals surface area contributed by atoms with Gasteiger partial charge in [0.2, 0.25) is 0 Å². The van der Waals surface area contributed by atoms with Gasteiger partial charge in [0.25, 0.3) is 0 Å². The van der Waals surface area contributed by atoms with Gasteiger partial charge in [-0.05, 0) is 43.8 Å². The van der Waals surface area contributed by atoms with Crippen LogP contribution in [0.2, 0.25) is 0 Å². The van der Waals surface area contributed by atoms with E-state index in [2.05, 4.69) is 4.90 Å². The van der Waals surface area contributed by atoms with Crippen molar-refractivity contribution in [1.29, 1.82) is 0 Å². The zero-order valence-electron chi connectivity index (χ0n) is 21.1. The third-order valence-electron chi connectivity index (χ3n) is 7.44. The number of aliphatic hydroxyl groups excluding tert-OH is 1. The van der Waals surface area contributed by atoms with Crippen molar-refractivity contribution in [1.82, 2.24) is 4.90 Å². The standard InChI is InChI=1S/C29H33NO6/c1-30(2)14-15-35-21-12-10-20(11-13-21)29-23(19-8-6-5-7-9-19)18-26(31)28(29,32)27-24(34-4)16-22(33-3)17-25(27)36-29/h5-13,16-17,23,26,31-32H,14-15,18H2,1-4H3/t23-,26+,28+,29-/m0/s1. The molecule has 190 valence electrons. The van der Waals surface area contributed by atoms with E-state index in [0.717, 1.165) is 23.4 Å². The molecule has 4 atom stereocenters. The summed E-state index contributed by atoms with van der Waals surface area (Å²) in [5.41, 5.74) is -0.904. The first-order valence-corrected chi connectivity index (χ1v) is 12.1. The number of hydrogen-bond acceptors (Lipinski definition) is 7. The quantitative estimate of drug-likeness (QED) is 0.498. The second kappa shape index (κ2) is 9.32. The predicted octanol–water partition coefficient (Wildman–Crippen LogP) is 3.67. The van der Waals surface area contributed by atoms with Crippen LogP contribution in [-0.2, 0) is 11.2 Å². The molecule has 2 N–H and O–H groups in total. The van der Waals surface area contributed by atoms with E-state index in [1.807, 2.05) is 68.7 Å². The number of rotatable bonds is 8. The number of nitrogens with zero attached hydrogens (tertiary/aromatic N) is 1. The summed E-state index contributed by atoms with van der Waals surface area (Å²) >= 11 is 0. The van der Waals surface area contributed by atoms with E-state index in [1.54, 1.807) is 19.2 Å². The molecule has 1 heterocycles. The normalized spacial score (nSPS) is 26.3. The smallest absolute Gasteiger partial charge is 0.176 e. The Labute approximate surface area is 211 Å². The van der Waals surface area contributed by atoms with Crippen molar-refractivity contribution in [2.24, 2.45) is 0 Å². The van der Waals surface area contributed by atoms with E-state index >= 15 is 0 Å². The molecule has 7 nitrogen and oxygen atoms in total. The Kier molecular flexibility index (Phi) is 6.32. The fraction of sp³-hybridized carbons (Fsp3) is 0.379. The Morgan fingerprint density at radius 3 is 2.33 bits per heavy atom. The van der Waals surface area contributed by atoms with Crippen LogP contribution in [0.1, 0.15) is 29.0 Å². The molecule has 0 aromatic heterocycles. The number of methoxy groups -OCH3 is 2.